The fraction of sp³-hybridized carbons (Fsp3) is 0.357. The molecule has 37 heavy (non-hydrogen) atoms. The van der Waals surface area contributed by atoms with Gasteiger partial charge >= 0.3 is 0 Å². The Hall–Kier alpha value is -3.98. The Morgan fingerprint density at radius 3 is 2.35 bits per heavy atom. The highest BCUT2D eigenvalue weighted by Gasteiger charge is 2.28. The molecule has 9 nitrogen and oxygen atoms in total. The highest BCUT2D eigenvalue weighted by atomic mass is 16.5. The Bertz CT molecular complexity index is 1360. The van der Waals surface area contributed by atoms with Crippen LogP contribution in [-0.2, 0) is 4.79 Å². The minimum atomic E-state index is -0.482. The van der Waals surface area contributed by atoms with Crippen molar-refractivity contribution < 1.29 is 9.53 Å². The topological polar surface area (TPSA) is 134 Å². The molecular weight excluding hydrogens is 466 g/mol. The number of nitrogen functional groups attached to an aromatic ring is 1. The van der Waals surface area contributed by atoms with Gasteiger partial charge in [-0.15, -0.1) is 0 Å². The highest BCUT2D eigenvalue weighted by Crippen LogP contribution is 2.32. The molecular formula is C28H33N7O2. The number of carbonyl (C=O) groups excluding carboxylic acids is 1. The van der Waals surface area contributed by atoms with E-state index in [2.05, 4.69) is 15.4 Å². The maximum Gasteiger partial charge on any atom is 0.237 e. The number of carbonyl (C=O) groups is 1. The predicted octanol–water partition coefficient (Wildman–Crippen LogP) is 4.45. The van der Waals surface area contributed by atoms with Gasteiger partial charge in [0.15, 0.2) is 11.5 Å². The highest BCUT2D eigenvalue weighted by molar-refractivity contribution is 5.87. The second-order valence-corrected chi connectivity index (χ2v) is 9.98. The van der Waals surface area contributed by atoms with Crippen molar-refractivity contribution in [2.45, 2.75) is 57.7 Å². The molecule has 192 valence electrons. The van der Waals surface area contributed by atoms with E-state index in [1.54, 1.807) is 6.20 Å². The van der Waals surface area contributed by atoms with Gasteiger partial charge in [0.2, 0.25) is 5.91 Å². The molecule has 1 fully saturated rings. The number of para-hydroxylation sites is 1. The van der Waals surface area contributed by atoms with E-state index >= 15 is 0 Å². The van der Waals surface area contributed by atoms with Crippen LogP contribution >= 0.6 is 0 Å². The maximum absolute atomic E-state index is 12.4. The lowest BCUT2D eigenvalue weighted by atomic mass is 9.90. The summed E-state index contributed by atoms with van der Waals surface area (Å²) >= 11 is 0. The van der Waals surface area contributed by atoms with Gasteiger partial charge in [0, 0.05) is 11.6 Å². The van der Waals surface area contributed by atoms with E-state index in [9.17, 15) is 4.79 Å². The van der Waals surface area contributed by atoms with Gasteiger partial charge < -0.3 is 21.5 Å². The summed E-state index contributed by atoms with van der Waals surface area (Å²) in [6, 6.07) is 17.1. The molecule has 0 aliphatic heterocycles. The zero-order valence-corrected chi connectivity index (χ0v) is 21.2. The average Bonchev–Trinajstić information content (AvgIpc) is 3.34. The summed E-state index contributed by atoms with van der Waals surface area (Å²) in [4.78, 5) is 21.7. The second kappa shape index (κ2) is 10.6. The van der Waals surface area contributed by atoms with Gasteiger partial charge in [-0.3, -0.25) is 4.79 Å². The molecule has 2 heterocycles. The summed E-state index contributed by atoms with van der Waals surface area (Å²) < 4.78 is 7.85. The van der Waals surface area contributed by atoms with Crippen molar-refractivity contribution in [1.82, 2.24) is 25.1 Å². The van der Waals surface area contributed by atoms with E-state index < -0.39 is 6.04 Å². The molecule has 1 atom stereocenters. The van der Waals surface area contributed by atoms with Crippen LogP contribution in [0.1, 0.15) is 45.6 Å². The molecule has 0 radical (unpaired) electrons. The molecule has 0 unspecified atom stereocenters. The number of aromatic nitrogens is 4. The smallest absolute Gasteiger partial charge is 0.237 e. The van der Waals surface area contributed by atoms with E-state index in [1.807, 2.05) is 73.1 Å². The van der Waals surface area contributed by atoms with Crippen LogP contribution in [0.5, 0.6) is 11.5 Å². The van der Waals surface area contributed by atoms with Crippen LogP contribution in [-0.4, -0.2) is 37.7 Å². The largest absolute Gasteiger partial charge is 0.457 e. The van der Waals surface area contributed by atoms with Crippen LogP contribution in [0.25, 0.3) is 22.4 Å². The lowest BCUT2D eigenvalue weighted by Crippen LogP contribution is -2.48. The summed E-state index contributed by atoms with van der Waals surface area (Å²) in [5, 5.41) is 8.47. The average molecular weight is 500 g/mol. The van der Waals surface area contributed by atoms with Crippen LogP contribution in [0.2, 0.25) is 0 Å². The number of ether oxygens (including phenoxy) is 1. The number of rotatable bonds is 7. The third kappa shape index (κ3) is 5.41. The zero-order chi connectivity index (χ0) is 25.9. The molecule has 1 saturated carbocycles. The molecule has 0 saturated heterocycles. The van der Waals surface area contributed by atoms with Crippen molar-refractivity contribution in [1.29, 1.82) is 0 Å². The maximum atomic E-state index is 12.4. The zero-order valence-electron chi connectivity index (χ0n) is 21.2. The van der Waals surface area contributed by atoms with Gasteiger partial charge in [-0.25, -0.2) is 14.6 Å². The van der Waals surface area contributed by atoms with Crippen LogP contribution in [0.3, 0.4) is 0 Å². The normalized spacial score (nSPS) is 18.6. The van der Waals surface area contributed by atoms with Gasteiger partial charge in [-0.1, -0.05) is 32.0 Å². The van der Waals surface area contributed by atoms with Crippen LogP contribution in [0.15, 0.2) is 60.8 Å². The Morgan fingerprint density at radius 2 is 1.68 bits per heavy atom. The van der Waals surface area contributed by atoms with Gasteiger partial charge in [0.05, 0.1) is 23.7 Å². The monoisotopic (exact) mass is 499 g/mol. The summed E-state index contributed by atoms with van der Waals surface area (Å²) in [6.07, 6.45) is 5.21. The van der Waals surface area contributed by atoms with Gasteiger partial charge in [-0.2, -0.15) is 5.10 Å². The van der Waals surface area contributed by atoms with Crippen molar-refractivity contribution in [3.8, 4) is 22.9 Å². The first-order chi connectivity index (χ1) is 17.9. The van der Waals surface area contributed by atoms with E-state index in [1.165, 1.54) is 0 Å². The lowest BCUT2D eigenvalue weighted by Gasteiger charge is -2.30. The minimum absolute atomic E-state index is 0.0756. The molecule has 0 spiro atoms. The molecule has 9 heteroatoms. The Labute approximate surface area is 216 Å². The Morgan fingerprint density at radius 1 is 1.00 bits per heavy atom. The van der Waals surface area contributed by atoms with Crippen molar-refractivity contribution in [2.75, 3.05) is 5.73 Å². The van der Waals surface area contributed by atoms with Crippen molar-refractivity contribution in [3.63, 3.8) is 0 Å². The number of nitrogens with one attached hydrogen (secondary N) is 1. The molecule has 2 aromatic heterocycles. The lowest BCUT2D eigenvalue weighted by molar-refractivity contribution is -0.124. The molecule has 0 bridgehead atoms. The Balaban J connectivity index is 1.31. The fourth-order valence-electron chi connectivity index (χ4n) is 4.71. The molecule has 1 aliphatic rings. The van der Waals surface area contributed by atoms with Crippen LogP contribution in [0.4, 0.5) is 5.82 Å². The number of hydrogen-bond acceptors (Lipinski definition) is 7. The second-order valence-electron chi connectivity index (χ2n) is 9.98. The van der Waals surface area contributed by atoms with E-state index in [0.717, 1.165) is 53.8 Å². The van der Waals surface area contributed by atoms with Crippen molar-refractivity contribution >= 4 is 22.8 Å². The summed E-state index contributed by atoms with van der Waals surface area (Å²) in [7, 11) is 0. The van der Waals surface area contributed by atoms with E-state index in [-0.39, 0.29) is 23.9 Å². The van der Waals surface area contributed by atoms with Crippen molar-refractivity contribution in [2.24, 2.45) is 11.7 Å². The van der Waals surface area contributed by atoms with Crippen molar-refractivity contribution in [3.05, 3.63) is 60.8 Å². The van der Waals surface area contributed by atoms with Gasteiger partial charge in [0.25, 0.3) is 0 Å². The third-order valence-corrected chi connectivity index (χ3v) is 6.98. The number of fused-ring (bicyclic) bond motifs is 1. The molecule has 5 rings (SSSR count). The standard InChI is InChI=1S/C28H33N7O2/c1-17(2)24(29)28(36)32-19-10-12-20(13-11-19)35-27-23(16-31-35)25(30)33-26(34-27)18-8-14-22(15-9-18)37-21-6-4-3-5-7-21/h3-9,14-17,19-20,24H,10-13,29H2,1-2H3,(H,32,36)(H2,30,33,34)/t19?,20?,24-/m0/s1. The van der Waals surface area contributed by atoms with Gasteiger partial charge in [0.1, 0.15) is 17.3 Å². The molecule has 4 aromatic rings. The summed E-state index contributed by atoms with van der Waals surface area (Å²) in [6.45, 7) is 3.91. The number of anilines is 1. The SMILES string of the molecule is CC(C)[C@H](N)C(=O)NC1CCC(n2ncc3c(N)nc(-c4ccc(Oc5ccccc5)cc4)nc32)CC1. The number of nitrogens with zero attached hydrogens (tertiary/aromatic N) is 4. The summed E-state index contributed by atoms with van der Waals surface area (Å²) in [5.74, 6) is 2.48. The van der Waals surface area contributed by atoms with E-state index in [4.69, 9.17) is 21.2 Å². The third-order valence-electron chi connectivity index (χ3n) is 6.98. The first-order valence-electron chi connectivity index (χ1n) is 12.8. The number of hydrogen-bond donors (Lipinski definition) is 3. The number of nitrogens with two attached hydrogens (primary N) is 2. The minimum Gasteiger partial charge on any atom is -0.457 e. The molecule has 2 aromatic carbocycles. The molecule has 1 aliphatic carbocycles. The molecule has 1 amide bonds. The fourth-order valence-corrected chi connectivity index (χ4v) is 4.71. The quantitative estimate of drug-likeness (QED) is 0.342. The number of benzene rings is 2. The van der Waals surface area contributed by atoms with Gasteiger partial charge in [-0.05, 0) is 68.0 Å². The molecule has 5 N–H and O–H groups in total. The Kier molecular flexibility index (Phi) is 7.05. The van der Waals surface area contributed by atoms with E-state index in [0.29, 0.717) is 11.6 Å². The van der Waals surface area contributed by atoms with Crippen LogP contribution < -0.4 is 21.5 Å². The van der Waals surface area contributed by atoms with Crippen LogP contribution in [0, 0.1) is 5.92 Å². The summed E-state index contributed by atoms with van der Waals surface area (Å²) in [5.41, 5.74) is 13.9. The predicted molar refractivity (Wildman–Crippen MR) is 144 cm³/mol. The first-order valence-corrected chi connectivity index (χ1v) is 12.8. The number of amides is 1. The first kappa shape index (κ1) is 24.7.